The summed E-state index contributed by atoms with van der Waals surface area (Å²) in [6, 6.07) is 1.94. The Labute approximate surface area is 257 Å². The first-order chi connectivity index (χ1) is 20.6. The number of nitrogens with zero attached hydrogens (tertiary/aromatic N) is 1. The van der Waals surface area contributed by atoms with Gasteiger partial charge in [-0.2, -0.15) is 11.8 Å². The predicted molar refractivity (Wildman–Crippen MR) is 165 cm³/mol. The second-order valence-electron chi connectivity index (χ2n) is 16.2. The summed E-state index contributed by atoms with van der Waals surface area (Å²) in [7, 11) is 0. The molecule has 0 aromatic carbocycles. The molecule has 11 unspecified atom stereocenters. The van der Waals surface area contributed by atoms with Gasteiger partial charge in [0.15, 0.2) is 0 Å². The summed E-state index contributed by atoms with van der Waals surface area (Å²) in [5.41, 5.74) is 0. The van der Waals surface area contributed by atoms with Crippen molar-refractivity contribution in [3.63, 3.8) is 0 Å². The molecule has 8 rings (SSSR count). The van der Waals surface area contributed by atoms with E-state index >= 15 is 0 Å². The molecule has 0 aromatic rings. The molecular weight excluding hydrogens is 551 g/mol. The summed E-state index contributed by atoms with van der Waals surface area (Å²) in [4.78, 5) is 3.08. The van der Waals surface area contributed by atoms with Gasteiger partial charge in [0.25, 0.3) is 0 Å². The topological polar surface area (TPSA) is 12.5 Å². The van der Waals surface area contributed by atoms with Gasteiger partial charge in [0.05, 0.1) is 12.2 Å². The van der Waals surface area contributed by atoms with Crippen LogP contribution in [0.3, 0.4) is 0 Å². The molecule has 2 aliphatic heterocycles. The van der Waals surface area contributed by atoms with Crippen LogP contribution in [0.15, 0.2) is 0 Å². The molecule has 6 saturated carbocycles. The molecule has 0 bridgehead atoms. The normalized spacial score (nSPS) is 53.3. The molecule has 0 radical (unpaired) electrons. The fourth-order valence-electron chi connectivity index (χ4n) is 12.5. The highest BCUT2D eigenvalue weighted by molar-refractivity contribution is 8.00. The quantitative estimate of drug-likeness (QED) is 0.316. The molecule has 0 aromatic heterocycles. The summed E-state index contributed by atoms with van der Waals surface area (Å²) in [5, 5.41) is 1.57. The van der Waals surface area contributed by atoms with Crippen LogP contribution in [0.4, 0.5) is 13.2 Å². The zero-order valence-electron chi connectivity index (χ0n) is 25.8. The molecule has 11 atom stereocenters. The van der Waals surface area contributed by atoms with Crippen molar-refractivity contribution < 1.29 is 17.9 Å². The van der Waals surface area contributed by atoms with Crippen molar-refractivity contribution in [2.24, 2.45) is 35.5 Å². The maximum absolute atomic E-state index is 15.0. The largest absolute Gasteiger partial charge is 0.374 e. The van der Waals surface area contributed by atoms with Crippen molar-refractivity contribution in [3.05, 3.63) is 0 Å². The number of fused-ring (bicyclic) bond motifs is 7. The van der Waals surface area contributed by atoms with Gasteiger partial charge in [0.1, 0.15) is 18.5 Å². The van der Waals surface area contributed by atoms with Crippen molar-refractivity contribution in [3.8, 4) is 0 Å². The zero-order valence-corrected chi connectivity index (χ0v) is 26.6. The molecule has 0 amide bonds. The van der Waals surface area contributed by atoms with E-state index < -0.39 is 24.4 Å². The van der Waals surface area contributed by atoms with Gasteiger partial charge in [-0.25, -0.2) is 13.2 Å². The lowest BCUT2D eigenvalue weighted by molar-refractivity contribution is -0.0347. The molecule has 8 aliphatic rings. The molecular formula is C36H56F3NOS. The van der Waals surface area contributed by atoms with Gasteiger partial charge in [-0.1, -0.05) is 38.5 Å². The Kier molecular flexibility index (Phi) is 8.66. The van der Waals surface area contributed by atoms with Gasteiger partial charge in [0, 0.05) is 53.3 Å². The van der Waals surface area contributed by atoms with Crippen LogP contribution in [0.5, 0.6) is 0 Å². The van der Waals surface area contributed by atoms with Crippen molar-refractivity contribution in [2.45, 2.75) is 188 Å². The van der Waals surface area contributed by atoms with Crippen LogP contribution in [0, 0.1) is 35.5 Å². The Morgan fingerprint density at radius 3 is 1.98 bits per heavy atom. The molecule has 2 saturated heterocycles. The van der Waals surface area contributed by atoms with Crippen LogP contribution in [0.1, 0.15) is 128 Å². The second-order valence-corrected chi connectivity index (χ2v) is 17.6. The van der Waals surface area contributed by atoms with Crippen molar-refractivity contribution in [1.82, 2.24) is 4.90 Å². The number of thioether (sulfide) groups is 1. The van der Waals surface area contributed by atoms with E-state index in [-0.39, 0.29) is 18.8 Å². The third kappa shape index (κ3) is 5.23. The molecule has 2 nitrogen and oxygen atoms in total. The van der Waals surface area contributed by atoms with Gasteiger partial charge in [-0.15, -0.1) is 0 Å². The van der Waals surface area contributed by atoms with Gasteiger partial charge >= 0.3 is 0 Å². The fraction of sp³-hybridized carbons (Fsp3) is 1.00. The molecule has 42 heavy (non-hydrogen) atoms. The number of halogens is 3. The first-order valence-electron chi connectivity index (χ1n) is 18.6. The van der Waals surface area contributed by atoms with E-state index in [1.807, 2.05) is 0 Å². The third-order valence-corrected chi connectivity index (χ3v) is 16.2. The van der Waals surface area contributed by atoms with Crippen LogP contribution in [0.2, 0.25) is 0 Å². The summed E-state index contributed by atoms with van der Waals surface area (Å²) < 4.78 is 50.6. The number of hydrogen-bond acceptors (Lipinski definition) is 3. The lowest BCUT2D eigenvalue weighted by atomic mass is 9.64. The van der Waals surface area contributed by atoms with E-state index in [1.165, 1.54) is 89.9 Å². The van der Waals surface area contributed by atoms with E-state index in [0.717, 1.165) is 59.9 Å². The molecule has 6 aliphatic carbocycles. The average Bonchev–Trinajstić information content (AvgIpc) is 3.57. The molecule has 2 heterocycles. The summed E-state index contributed by atoms with van der Waals surface area (Å²) in [5.74, 6) is 2.91. The lowest BCUT2D eigenvalue weighted by Gasteiger charge is -2.52. The van der Waals surface area contributed by atoms with E-state index in [9.17, 15) is 13.2 Å². The van der Waals surface area contributed by atoms with Crippen molar-refractivity contribution in [1.29, 1.82) is 0 Å². The monoisotopic (exact) mass is 607 g/mol. The van der Waals surface area contributed by atoms with Crippen LogP contribution in [0.25, 0.3) is 0 Å². The maximum Gasteiger partial charge on any atom is 0.109 e. The summed E-state index contributed by atoms with van der Waals surface area (Å²) in [6.07, 6.45) is 20.1. The molecule has 8 fully saturated rings. The Balaban J connectivity index is 1.01. The third-order valence-electron chi connectivity index (χ3n) is 14.2. The van der Waals surface area contributed by atoms with Gasteiger partial charge < -0.3 is 4.74 Å². The van der Waals surface area contributed by atoms with Gasteiger partial charge in [0.2, 0.25) is 0 Å². The minimum absolute atomic E-state index is 0.0849. The summed E-state index contributed by atoms with van der Waals surface area (Å²) in [6.45, 7) is 0. The minimum atomic E-state index is -1.30. The Morgan fingerprint density at radius 1 is 0.524 bits per heavy atom. The van der Waals surface area contributed by atoms with E-state index in [1.54, 1.807) is 0 Å². The first kappa shape index (κ1) is 29.5. The highest BCUT2D eigenvalue weighted by Crippen LogP contribution is 2.62. The van der Waals surface area contributed by atoms with Crippen LogP contribution >= 0.6 is 11.8 Å². The van der Waals surface area contributed by atoms with Crippen LogP contribution in [-0.4, -0.2) is 64.2 Å². The Hall–Kier alpha value is 0.0600. The first-order valence-corrected chi connectivity index (χ1v) is 19.5. The zero-order chi connectivity index (χ0) is 28.4. The second kappa shape index (κ2) is 12.3. The van der Waals surface area contributed by atoms with Crippen molar-refractivity contribution in [2.75, 3.05) is 0 Å². The number of hydrogen-bond donors (Lipinski definition) is 0. The SMILES string of the molecule is FC1CC(F)C(C2CCC(N(C3CCCCC3)C3CCCC4C5CCC6OC7CCCCC7C6C5SC43)CC2)C(F)C1. The van der Waals surface area contributed by atoms with E-state index in [2.05, 4.69) is 16.7 Å². The molecule has 238 valence electrons. The van der Waals surface area contributed by atoms with Gasteiger partial charge in [-0.05, 0) is 101 Å². The van der Waals surface area contributed by atoms with E-state index in [4.69, 9.17) is 4.74 Å². The molecule has 0 N–H and O–H groups in total. The van der Waals surface area contributed by atoms with E-state index in [0.29, 0.717) is 30.3 Å². The number of ether oxygens (including phenoxy) is 1. The Bertz CT molecular complexity index is 913. The smallest absolute Gasteiger partial charge is 0.109 e. The standard InChI is InChI=1S/C36H56F3NOS/c37-22-19-28(38)33(29(39)20-22)21-13-15-24(16-14-21)40(23-7-2-1-3-8-23)30-11-6-10-25-26-17-18-32-34(36(26)42-35(25)30)27-9-4-5-12-31(27)41-32/h21-36H,1-20H2. The van der Waals surface area contributed by atoms with Crippen molar-refractivity contribution >= 4 is 11.8 Å². The summed E-state index contributed by atoms with van der Waals surface area (Å²) >= 11 is 2.44. The number of alkyl halides is 3. The van der Waals surface area contributed by atoms with Crippen LogP contribution in [-0.2, 0) is 4.74 Å². The highest BCUT2D eigenvalue weighted by Gasteiger charge is 2.60. The number of rotatable bonds is 4. The molecule has 6 heteroatoms. The Morgan fingerprint density at radius 2 is 1.19 bits per heavy atom. The lowest BCUT2D eigenvalue weighted by Crippen LogP contribution is -2.57. The highest BCUT2D eigenvalue weighted by atomic mass is 32.2. The fourth-order valence-corrected chi connectivity index (χ4v) is 15.0. The average molecular weight is 608 g/mol. The predicted octanol–water partition coefficient (Wildman–Crippen LogP) is 9.24. The molecule has 0 spiro atoms. The van der Waals surface area contributed by atoms with Gasteiger partial charge in [-0.3, -0.25) is 4.90 Å². The maximum atomic E-state index is 15.0. The minimum Gasteiger partial charge on any atom is -0.374 e. The van der Waals surface area contributed by atoms with Crippen LogP contribution < -0.4 is 0 Å².